The number of carbonyl (C=O) groups excluding carboxylic acids is 1. The molecule has 0 aliphatic heterocycles. The first-order valence-corrected chi connectivity index (χ1v) is 4.89. The van der Waals surface area contributed by atoms with Crippen LogP contribution in [0.4, 0.5) is 0 Å². The summed E-state index contributed by atoms with van der Waals surface area (Å²) in [6, 6.07) is 7.41. The van der Waals surface area contributed by atoms with E-state index < -0.39 is 0 Å². The van der Waals surface area contributed by atoms with E-state index >= 15 is 0 Å². The molecule has 1 atom stereocenters. The highest BCUT2D eigenvalue weighted by molar-refractivity contribution is 5.83. The fourth-order valence-corrected chi connectivity index (χ4v) is 1.71. The van der Waals surface area contributed by atoms with Gasteiger partial charge < -0.3 is 10.2 Å². The van der Waals surface area contributed by atoms with Gasteiger partial charge in [-0.25, -0.2) is 0 Å². The third kappa shape index (κ3) is 1.92. The van der Waals surface area contributed by atoms with Crippen LogP contribution in [0.5, 0.6) is 0 Å². The Morgan fingerprint density at radius 1 is 1.47 bits per heavy atom. The minimum absolute atomic E-state index is 0.0905. The average Bonchev–Trinajstić information content (AvgIpc) is 2.59. The Balaban J connectivity index is 2.39. The zero-order chi connectivity index (χ0) is 10.8. The number of hydrogen-bond donors (Lipinski definition) is 1. The second-order valence-corrected chi connectivity index (χ2v) is 3.70. The summed E-state index contributed by atoms with van der Waals surface area (Å²) < 4.78 is 5.36. The molecule has 0 aliphatic rings. The SMILES string of the molecule is CC(=O)CC(N)c1coc2ccccc12. The summed E-state index contributed by atoms with van der Waals surface area (Å²) in [4.78, 5) is 11.0. The summed E-state index contributed by atoms with van der Waals surface area (Å²) in [7, 11) is 0. The molecule has 0 bridgehead atoms. The molecule has 0 saturated heterocycles. The number of para-hydroxylation sites is 1. The number of ketones is 1. The van der Waals surface area contributed by atoms with Crippen molar-refractivity contribution in [3.8, 4) is 0 Å². The summed E-state index contributed by atoms with van der Waals surface area (Å²) in [5.74, 6) is 0.0905. The van der Waals surface area contributed by atoms with Gasteiger partial charge in [0.1, 0.15) is 11.4 Å². The maximum Gasteiger partial charge on any atom is 0.134 e. The molecule has 1 unspecified atom stereocenters. The Labute approximate surface area is 87.9 Å². The van der Waals surface area contributed by atoms with Gasteiger partial charge in [0.05, 0.1) is 6.26 Å². The van der Waals surface area contributed by atoms with Crippen LogP contribution in [0.1, 0.15) is 24.9 Å². The number of Topliss-reactive ketones (excluding diaryl/α,β-unsaturated/α-hetero) is 1. The van der Waals surface area contributed by atoms with Crippen molar-refractivity contribution in [3.05, 3.63) is 36.1 Å². The van der Waals surface area contributed by atoms with Gasteiger partial charge in [-0.3, -0.25) is 4.79 Å². The smallest absolute Gasteiger partial charge is 0.134 e. The average molecular weight is 203 g/mol. The summed E-state index contributed by atoms with van der Waals surface area (Å²) in [5.41, 5.74) is 7.64. The highest BCUT2D eigenvalue weighted by Gasteiger charge is 2.14. The van der Waals surface area contributed by atoms with Crippen molar-refractivity contribution in [2.24, 2.45) is 5.73 Å². The van der Waals surface area contributed by atoms with Crippen molar-refractivity contribution in [2.75, 3.05) is 0 Å². The molecule has 0 fully saturated rings. The van der Waals surface area contributed by atoms with Gasteiger partial charge in [0, 0.05) is 23.4 Å². The van der Waals surface area contributed by atoms with Crippen LogP contribution in [-0.4, -0.2) is 5.78 Å². The topological polar surface area (TPSA) is 56.2 Å². The molecular weight excluding hydrogens is 190 g/mol. The van der Waals surface area contributed by atoms with E-state index in [0.29, 0.717) is 6.42 Å². The molecule has 0 aliphatic carbocycles. The largest absolute Gasteiger partial charge is 0.464 e. The first kappa shape index (κ1) is 9.93. The van der Waals surface area contributed by atoms with Gasteiger partial charge in [-0.05, 0) is 13.0 Å². The van der Waals surface area contributed by atoms with E-state index in [1.807, 2.05) is 24.3 Å². The van der Waals surface area contributed by atoms with E-state index in [1.54, 1.807) is 13.2 Å². The number of fused-ring (bicyclic) bond motifs is 1. The van der Waals surface area contributed by atoms with Gasteiger partial charge in [0.25, 0.3) is 0 Å². The maximum atomic E-state index is 11.0. The van der Waals surface area contributed by atoms with E-state index in [4.69, 9.17) is 10.2 Å². The number of hydrogen-bond acceptors (Lipinski definition) is 3. The second kappa shape index (κ2) is 3.87. The summed E-state index contributed by atoms with van der Waals surface area (Å²) in [6.45, 7) is 1.54. The lowest BCUT2D eigenvalue weighted by Crippen LogP contribution is -2.13. The fraction of sp³-hybridized carbons (Fsp3) is 0.250. The van der Waals surface area contributed by atoms with Crippen LogP contribution in [0.3, 0.4) is 0 Å². The van der Waals surface area contributed by atoms with Crippen LogP contribution in [0, 0.1) is 0 Å². The normalized spacial score (nSPS) is 12.9. The predicted octanol–water partition coefficient (Wildman–Crippen LogP) is 2.41. The molecule has 0 amide bonds. The predicted molar refractivity (Wildman–Crippen MR) is 58.4 cm³/mol. The van der Waals surface area contributed by atoms with Crippen molar-refractivity contribution in [3.63, 3.8) is 0 Å². The van der Waals surface area contributed by atoms with Crippen LogP contribution in [0.15, 0.2) is 34.9 Å². The Hall–Kier alpha value is -1.61. The minimum atomic E-state index is -0.272. The molecule has 15 heavy (non-hydrogen) atoms. The second-order valence-electron chi connectivity index (χ2n) is 3.70. The maximum absolute atomic E-state index is 11.0. The Bertz CT molecular complexity index is 487. The molecule has 0 saturated carbocycles. The van der Waals surface area contributed by atoms with Crippen molar-refractivity contribution in [2.45, 2.75) is 19.4 Å². The molecule has 1 aromatic heterocycles. The Morgan fingerprint density at radius 2 is 2.20 bits per heavy atom. The first-order chi connectivity index (χ1) is 7.18. The molecule has 0 spiro atoms. The number of furan rings is 1. The van der Waals surface area contributed by atoms with Crippen LogP contribution in [0.2, 0.25) is 0 Å². The molecular formula is C12H13NO2. The zero-order valence-electron chi connectivity index (χ0n) is 8.57. The first-order valence-electron chi connectivity index (χ1n) is 4.89. The van der Waals surface area contributed by atoms with Crippen molar-refractivity contribution < 1.29 is 9.21 Å². The Morgan fingerprint density at radius 3 is 2.93 bits per heavy atom. The van der Waals surface area contributed by atoms with Gasteiger partial charge in [-0.2, -0.15) is 0 Å². The number of benzene rings is 1. The lowest BCUT2D eigenvalue weighted by molar-refractivity contribution is -0.117. The number of nitrogens with two attached hydrogens (primary N) is 1. The molecule has 3 nitrogen and oxygen atoms in total. The quantitative estimate of drug-likeness (QED) is 0.833. The van der Waals surface area contributed by atoms with Crippen LogP contribution in [0.25, 0.3) is 11.0 Å². The number of rotatable bonds is 3. The monoisotopic (exact) mass is 203 g/mol. The van der Waals surface area contributed by atoms with E-state index in [-0.39, 0.29) is 11.8 Å². The molecule has 3 heteroatoms. The van der Waals surface area contributed by atoms with E-state index in [0.717, 1.165) is 16.5 Å². The van der Waals surface area contributed by atoms with Crippen LogP contribution >= 0.6 is 0 Å². The van der Waals surface area contributed by atoms with Gasteiger partial charge in [-0.15, -0.1) is 0 Å². The van der Waals surface area contributed by atoms with Crippen LogP contribution < -0.4 is 5.73 Å². The zero-order valence-corrected chi connectivity index (χ0v) is 8.57. The molecule has 1 heterocycles. The van der Waals surface area contributed by atoms with Crippen LogP contribution in [-0.2, 0) is 4.79 Å². The highest BCUT2D eigenvalue weighted by atomic mass is 16.3. The number of carbonyl (C=O) groups is 1. The molecule has 1 aromatic carbocycles. The van der Waals surface area contributed by atoms with E-state index in [2.05, 4.69) is 0 Å². The molecule has 78 valence electrons. The molecule has 2 rings (SSSR count). The van der Waals surface area contributed by atoms with E-state index in [9.17, 15) is 4.79 Å². The molecule has 2 aromatic rings. The van der Waals surface area contributed by atoms with Gasteiger partial charge in [-0.1, -0.05) is 18.2 Å². The van der Waals surface area contributed by atoms with Gasteiger partial charge >= 0.3 is 0 Å². The molecule has 2 N–H and O–H groups in total. The molecule has 0 radical (unpaired) electrons. The highest BCUT2D eigenvalue weighted by Crippen LogP contribution is 2.26. The lowest BCUT2D eigenvalue weighted by Gasteiger charge is -2.06. The third-order valence-corrected chi connectivity index (χ3v) is 2.42. The van der Waals surface area contributed by atoms with Gasteiger partial charge in [0.2, 0.25) is 0 Å². The van der Waals surface area contributed by atoms with E-state index in [1.165, 1.54) is 0 Å². The minimum Gasteiger partial charge on any atom is -0.464 e. The lowest BCUT2D eigenvalue weighted by atomic mass is 10.0. The fourth-order valence-electron chi connectivity index (χ4n) is 1.71. The summed E-state index contributed by atoms with van der Waals surface area (Å²) >= 11 is 0. The summed E-state index contributed by atoms with van der Waals surface area (Å²) in [5, 5.41) is 0.992. The van der Waals surface area contributed by atoms with Crippen molar-refractivity contribution in [1.82, 2.24) is 0 Å². The van der Waals surface area contributed by atoms with Crippen molar-refractivity contribution >= 4 is 16.8 Å². The Kier molecular flexibility index (Phi) is 2.56. The summed E-state index contributed by atoms with van der Waals surface area (Å²) in [6.07, 6.45) is 1.99. The van der Waals surface area contributed by atoms with Gasteiger partial charge in [0.15, 0.2) is 0 Å². The third-order valence-electron chi connectivity index (χ3n) is 2.42. The van der Waals surface area contributed by atoms with Crippen molar-refractivity contribution in [1.29, 1.82) is 0 Å². The standard InChI is InChI=1S/C12H13NO2/c1-8(14)6-11(13)10-7-15-12-5-3-2-4-9(10)12/h2-5,7,11H,6,13H2,1H3.